The number of benzene rings is 2. The molecule has 1 aromatic heterocycles. The number of hydrogen-bond donors (Lipinski definition) is 0. The molecule has 0 aliphatic rings. The highest BCUT2D eigenvalue weighted by molar-refractivity contribution is 9.10. The molecule has 1 atom stereocenters. The van der Waals surface area contributed by atoms with Crippen LogP contribution in [0.1, 0.15) is 16.5 Å². The third-order valence-corrected chi connectivity index (χ3v) is 5.68. The molecule has 0 aliphatic carbocycles. The summed E-state index contributed by atoms with van der Waals surface area (Å²) in [4.78, 5) is 0. The van der Waals surface area contributed by atoms with E-state index in [1.54, 1.807) is 17.4 Å². The molecule has 3 aromatic rings. The van der Waals surface area contributed by atoms with Crippen LogP contribution in [0.5, 0.6) is 0 Å². The maximum Gasteiger partial charge on any atom is 0.159 e. The van der Waals surface area contributed by atoms with Crippen molar-refractivity contribution in [1.82, 2.24) is 0 Å². The van der Waals surface area contributed by atoms with Crippen molar-refractivity contribution in [3.8, 4) is 0 Å². The normalized spacial score (nSPS) is 12.8. The van der Waals surface area contributed by atoms with Gasteiger partial charge in [0.1, 0.15) is 0 Å². The zero-order chi connectivity index (χ0) is 15.0. The van der Waals surface area contributed by atoms with Crippen molar-refractivity contribution >= 4 is 49.0 Å². The highest BCUT2D eigenvalue weighted by atomic mass is 79.9. The fourth-order valence-corrected chi connectivity index (χ4v) is 4.38. The third kappa shape index (κ3) is 2.98. The average molecular weight is 388 g/mol. The van der Waals surface area contributed by atoms with Crippen molar-refractivity contribution in [2.45, 2.75) is 11.8 Å². The number of rotatable bonds is 3. The molecular formula is C16H10BrClF2S. The summed E-state index contributed by atoms with van der Waals surface area (Å²) < 4.78 is 28.4. The molecule has 108 valence electrons. The Morgan fingerprint density at radius 2 is 1.95 bits per heavy atom. The lowest BCUT2D eigenvalue weighted by Crippen LogP contribution is -1.96. The Bertz CT molecular complexity index is 800. The molecule has 0 radical (unpaired) electrons. The van der Waals surface area contributed by atoms with E-state index >= 15 is 0 Å². The van der Waals surface area contributed by atoms with Gasteiger partial charge in [0.2, 0.25) is 0 Å². The maximum absolute atomic E-state index is 13.3. The van der Waals surface area contributed by atoms with Crippen LogP contribution in [-0.4, -0.2) is 0 Å². The van der Waals surface area contributed by atoms with E-state index in [-0.39, 0.29) is 5.38 Å². The summed E-state index contributed by atoms with van der Waals surface area (Å²) in [6.45, 7) is 0. The third-order valence-electron chi connectivity index (χ3n) is 3.32. The average Bonchev–Trinajstić information content (AvgIpc) is 2.88. The van der Waals surface area contributed by atoms with Crippen LogP contribution in [0.25, 0.3) is 10.1 Å². The zero-order valence-electron chi connectivity index (χ0n) is 10.7. The molecular weight excluding hydrogens is 378 g/mol. The van der Waals surface area contributed by atoms with Crippen LogP contribution in [0, 0.1) is 11.6 Å². The summed E-state index contributed by atoms with van der Waals surface area (Å²) >= 11 is 11.6. The van der Waals surface area contributed by atoms with Crippen LogP contribution < -0.4 is 0 Å². The van der Waals surface area contributed by atoms with Crippen LogP contribution in [0.4, 0.5) is 8.78 Å². The molecule has 0 amide bonds. The molecule has 0 N–H and O–H groups in total. The van der Waals surface area contributed by atoms with E-state index in [0.717, 1.165) is 26.2 Å². The minimum Gasteiger partial charge on any atom is -0.204 e. The molecule has 1 unspecified atom stereocenters. The summed E-state index contributed by atoms with van der Waals surface area (Å²) in [6, 6.07) is 9.88. The Labute approximate surface area is 138 Å². The second kappa shape index (κ2) is 6.03. The number of thiophene rings is 1. The predicted octanol–water partition coefficient (Wildman–Crippen LogP) is 6.46. The summed E-state index contributed by atoms with van der Waals surface area (Å²) in [5.41, 5.74) is 1.70. The van der Waals surface area contributed by atoms with Crippen molar-refractivity contribution in [3.05, 3.63) is 69.0 Å². The summed E-state index contributed by atoms with van der Waals surface area (Å²) in [5.74, 6) is -1.68. The fraction of sp³-hybridized carbons (Fsp3) is 0.125. The molecule has 0 saturated carbocycles. The highest BCUT2D eigenvalue weighted by Gasteiger charge is 2.16. The topological polar surface area (TPSA) is 0 Å². The van der Waals surface area contributed by atoms with Crippen molar-refractivity contribution in [3.63, 3.8) is 0 Å². The SMILES string of the molecule is Fc1ccc(CC(Cl)c2csc3c(Br)cccc23)cc1F. The molecule has 1 heterocycles. The molecule has 0 saturated heterocycles. The van der Waals surface area contributed by atoms with Crippen LogP contribution in [0.15, 0.2) is 46.3 Å². The Balaban J connectivity index is 1.91. The molecule has 2 aromatic carbocycles. The van der Waals surface area contributed by atoms with Gasteiger partial charge in [-0.05, 0) is 62.4 Å². The van der Waals surface area contributed by atoms with E-state index in [2.05, 4.69) is 15.9 Å². The fourth-order valence-electron chi connectivity index (χ4n) is 2.27. The molecule has 5 heteroatoms. The first-order valence-corrected chi connectivity index (χ1v) is 8.41. The van der Waals surface area contributed by atoms with Crippen LogP contribution >= 0.6 is 38.9 Å². The summed E-state index contributed by atoms with van der Waals surface area (Å²) in [7, 11) is 0. The Hall–Kier alpha value is -0.970. The van der Waals surface area contributed by atoms with Crippen LogP contribution in [0.3, 0.4) is 0 Å². The predicted molar refractivity (Wildman–Crippen MR) is 88.2 cm³/mol. The first-order valence-electron chi connectivity index (χ1n) is 6.30. The lowest BCUT2D eigenvalue weighted by Gasteiger charge is -2.09. The number of fused-ring (bicyclic) bond motifs is 1. The molecule has 21 heavy (non-hydrogen) atoms. The quantitative estimate of drug-likeness (QED) is 0.452. The van der Waals surface area contributed by atoms with E-state index in [1.807, 2.05) is 23.6 Å². The van der Waals surface area contributed by atoms with Crippen LogP contribution in [-0.2, 0) is 6.42 Å². The number of alkyl halides is 1. The first-order chi connectivity index (χ1) is 10.1. The van der Waals surface area contributed by atoms with Gasteiger partial charge in [-0.15, -0.1) is 22.9 Å². The molecule has 0 spiro atoms. The second-order valence-corrected chi connectivity index (χ2v) is 6.99. The largest absolute Gasteiger partial charge is 0.204 e. The lowest BCUT2D eigenvalue weighted by atomic mass is 10.0. The minimum atomic E-state index is -0.839. The van der Waals surface area contributed by atoms with Gasteiger partial charge in [0, 0.05) is 9.17 Å². The van der Waals surface area contributed by atoms with Crippen molar-refractivity contribution in [2.24, 2.45) is 0 Å². The number of hydrogen-bond acceptors (Lipinski definition) is 1. The second-order valence-electron chi connectivity index (χ2n) is 4.73. The maximum atomic E-state index is 13.3. The van der Waals surface area contributed by atoms with Gasteiger partial charge in [-0.25, -0.2) is 8.78 Å². The van der Waals surface area contributed by atoms with Gasteiger partial charge in [-0.3, -0.25) is 0 Å². The van der Waals surface area contributed by atoms with Gasteiger partial charge in [-0.2, -0.15) is 0 Å². The van der Waals surface area contributed by atoms with Crippen molar-refractivity contribution in [1.29, 1.82) is 0 Å². The summed E-state index contributed by atoms with van der Waals surface area (Å²) in [6.07, 6.45) is 0.455. The molecule has 0 nitrogen and oxygen atoms in total. The van der Waals surface area contributed by atoms with Gasteiger partial charge in [-0.1, -0.05) is 18.2 Å². The number of halogens is 4. The molecule has 0 fully saturated rings. The van der Waals surface area contributed by atoms with Gasteiger partial charge in [0.05, 0.1) is 5.38 Å². The smallest absolute Gasteiger partial charge is 0.159 e. The van der Waals surface area contributed by atoms with Crippen molar-refractivity contribution < 1.29 is 8.78 Å². The highest BCUT2D eigenvalue weighted by Crippen LogP contribution is 2.38. The monoisotopic (exact) mass is 386 g/mol. The summed E-state index contributed by atoms with van der Waals surface area (Å²) in [5, 5.41) is 2.84. The Kier molecular flexibility index (Phi) is 4.29. The molecule has 3 rings (SSSR count). The van der Waals surface area contributed by atoms with Crippen LogP contribution in [0.2, 0.25) is 0 Å². The van der Waals surface area contributed by atoms with Gasteiger partial charge < -0.3 is 0 Å². The van der Waals surface area contributed by atoms with E-state index in [1.165, 1.54) is 6.07 Å². The minimum absolute atomic E-state index is 0.280. The van der Waals surface area contributed by atoms with E-state index < -0.39 is 11.6 Å². The standard InChI is InChI=1S/C16H10BrClF2S/c17-12-3-1-2-10-11(8-21-16(10)12)13(18)6-9-4-5-14(19)15(20)7-9/h1-5,7-8,13H,6H2. The molecule has 0 bridgehead atoms. The first kappa shape index (κ1) is 14.9. The van der Waals surface area contributed by atoms with Gasteiger partial charge >= 0.3 is 0 Å². The van der Waals surface area contributed by atoms with Gasteiger partial charge in [0.25, 0.3) is 0 Å². The zero-order valence-corrected chi connectivity index (χ0v) is 13.9. The Morgan fingerprint density at radius 1 is 1.14 bits per heavy atom. The van der Waals surface area contributed by atoms with E-state index in [4.69, 9.17) is 11.6 Å². The van der Waals surface area contributed by atoms with E-state index in [9.17, 15) is 8.78 Å². The lowest BCUT2D eigenvalue weighted by molar-refractivity contribution is 0.507. The molecule has 0 aliphatic heterocycles. The Morgan fingerprint density at radius 3 is 2.71 bits per heavy atom. The van der Waals surface area contributed by atoms with Crippen molar-refractivity contribution in [2.75, 3.05) is 0 Å². The van der Waals surface area contributed by atoms with Gasteiger partial charge in [0.15, 0.2) is 11.6 Å². The van der Waals surface area contributed by atoms with E-state index in [0.29, 0.717) is 12.0 Å².